The number of thiophene rings is 1. The van der Waals surface area contributed by atoms with Crippen molar-refractivity contribution in [2.45, 2.75) is 12.2 Å². The molecule has 1 N–H and O–H groups in total. The number of hydrogen-bond donors (Lipinski definition) is 1. The SMILES string of the molecule is Cl.Fc1ccc([C@H](c2cccs2)N2CCNCC2)cc1C(F)(F)F. The van der Waals surface area contributed by atoms with Gasteiger partial charge in [-0.1, -0.05) is 12.1 Å². The van der Waals surface area contributed by atoms with Crippen LogP contribution in [-0.2, 0) is 6.18 Å². The van der Waals surface area contributed by atoms with E-state index in [2.05, 4.69) is 10.2 Å². The van der Waals surface area contributed by atoms with Gasteiger partial charge in [-0.05, 0) is 29.1 Å². The van der Waals surface area contributed by atoms with Gasteiger partial charge in [0.25, 0.3) is 0 Å². The number of hydrogen-bond acceptors (Lipinski definition) is 3. The number of alkyl halides is 3. The summed E-state index contributed by atoms with van der Waals surface area (Å²) in [6, 6.07) is 6.83. The molecular weight excluding hydrogens is 364 g/mol. The van der Waals surface area contributed by atoms with Crippen LogP contribution in [0.2, 0.25) is 0 Å². The first kappa shape index (κ1) is 19.2. The van der Waals surface area contributed by atoms with Crippen molar-refractivity contribution in [3.63, 3.8) is 0 Å². The Kier molecular flexibility index (Phi) is 6.25. The molecule has 0 amide bonds. The molecule has 1 aromatic carbocycles. The van der Waals surface area contributed by atoms with Gasteiger partial charge in [-0.25, -0.2) is 4.39 Å². The summed E-state index contributed by atoms with van der Waals surface area (Å²) < 4.78 is 52.6. The van der Waals surface area contributed by atoms with E-state index in [4.69, 9.17) is 0 Å². The summed E-state index contributed by atoms with van der Waals surface area (Å²) in [7, 11) is 0. The third-order valence-corrected chi connectivity index (χ3v) is 4.87. The fourth-order valence-electron chi connectivity index (χ4n) is 2.87. The van der Waals surface area contributed by atoms with Crippen molar-refractivity contribution in [1.29, 1.82) is 0 Å². The van der Waals surface area contributed by atoms with Gasteiger partial charge in [-0.3, -0.25) is 4.90 Å². The van der Waals surface area contributed by atoms with Crippen molar-refractivity contribution in [3.8, 4) is 0 Å². The van der Waals surface area contributed by atoms with E-state index in [9.17, 15) is 17.6 Å². The van der Waals surface area contributed by atoms with Crippen LogP contribution in [0.25, 0.3) is 0 Å². The van der Waals surface area contributed by atoms with Gasteiger partial charge in [0, 0.05) is 31.1 Å². The third-order valence-electron chi connectivity index (χ3n) is 3.94. The Labute approximate surface area is 147 Å². The third kappa shape index (κ3) is 4.08. The average molecular weight is 381 g/mol. The molecule has 8 heteroatoms. The first-order valence-electron chi connectivity index (χ1n) is 7.31. The van der Waals surface area contributed by atoms with E-state index < -0.39 is 17.6 Å². The largest absolute Gasteiger partial charge is 0.419 e. The lowest BCUT2D eigenvalue weighted by atomic mass is 9.99. The minimum atomic E-state index is -4.69. The number of benzene rings is 1. The number of rotatable bonds is 3. The molecule has 132 valence electrons. The molecule has 0 saturated carbocycles. The fraction of sp³-hybridized carbons (Fsp3) is 0.375. The van der Waals surface area contributed by atoms with E-state index in [1.165, 1.54) is 17.4 Å². The van der Waals surface area contributed by atoms with Crippen LogP contribution in [0.15, 0.2) is 35.7 Å². The summed E-state index contributed by atoms with van der Waals surface area (Å²) in [5, 5.41) is 5.13. The summed E-state index contributed by atoms with van der Waals surface area (Å²) in [5.41, 5.74) is -0.727. The molecule has 2 nitrogen and oxygen atoms in total. The molecule has 0 spiro atoms. The molecule has 0 unspecified atom stereocenters. The van der Waals surface area contributed by atoms with Gasteiger partial charge in [0.2, 0.25) is 0 Å². The van der Waals surface area contributed by atoms with E-state index in [1.807, 2.05) is 17.5 Å². The van der Waals surface area contributed by atoms with E-state index in [-0.39, 0.29) is 18.4 Å². The highest BCUT2D eigenvalue weighted by atomic mass is 35.5. The first-order valence-corrected chi connectivity index (χ1v) is 8.19. The van der Waals surface area contributed by atoms with E-state index in [0.717, 1.165) is 43.2 Å². The quantitative estimate of drug-likeness (QED) is 0.798. The molecule has 0 aliphatic carbocycles. The minimum Gasteiger partial charge on any atom is -0.314 e. The second-order valence-corrected chi connectivity index (χ2v) is 6.42. The Balaban J connectivity index is 0.00000208. The number of halogens is 5. The van der Waals surface area contributed by atoms with Crippen molar-refractivity contribution in [1.82, 2.24) is 10.2 Å². The molecule has 0 bridgehead atoms. The maximum atomic E-state index is 13.6. The number of nitrogens with one attached hydrogen (secondary N) is 1. The van der Waals surface area contributed by atoms with Crippen LogP contribution < -0.4 is 5.32 Å². The van der Waals surface area contributed by atoms with E-state index >= 15 is 0 Å². The van der Waals surface area contributed by atoms with Gasteiger partial charge in [-0.2, -0.15) is 13.2 Å². The van der Waals surface area contributed by atoms with Crippen molar-refractivity contribution in [3.05, 3.63) is 57.5 Å². The normalized spacial score (nSPS) is 17.3. The minimum absolute atomic E-state index is 0. The molecule has 2 heterocycles. The van der Waals surface area contributed by atoms with Crippen molar-refractivity contribution in [2.75, 3.05) is 26.2 Å². The van der Waals surface area contributed by atoms with Gasteiger partial charge < -0.3 is 5.32 Å². The zero-order chi connectivity index (χ0) is 16.4. The summed E-state index contributed by atoms with van der Waals surface area (Å²) in [4.78, 5) is 3.10. The highest BCUT2D eigenvalue weighted by Crippen LogP contribution is 2.37. The Morgan fingerprint density at radius 3 is 2.42 bits per heavy atom. The van der Waals surface area contributed by atoms with Gasteiger partial charge in [0.15, 0.2) is 0 Å². The Morgan fingerprint density at radius 2 is 1.83 bits per heavy atom. The molecule has 1 aromatic heterocycles. The van der Waals surface area contributed by atoms with Crippen molar-refractivity contribution < 1.29 is 17.6 Å². The van der Waals surface area contributed by atoms with Crippen LogP contribution in [-0.4, -0.2) is 31.1 Å². The molecule has 1 aliphatic heterocycles. The highest BCUT2D eigenvalue weighted by Gasteiger charge is 2.35. The molecule has 1 atom stereocenters. The number of nitrogens with zero attached hydrogens (tertiary/aromatic N) is 1. The Hall–Kier alpha value is -1.15. The molecule has 1 saturated heterocycles. The standard InChI is InChI=1S/C16H16F4N2S.ClH/c17-13-4-3-11(10-12(13)16(18,19)20)15(14-2-1-9-23-14)22-7-5-21-6-8-22;/h1-4,9-10,15,21H,5-8H2;1H/t15-;/m1./s1. The second-order valence-electron chi connectivity index (χ2n) is 5.44. The van der Waals surface area contributed by atoms with Crippen molar-refractivity contribution in [2.24, 2.45) is 0 Å². The van der Waals surface area contributed by atoms with Crippen LogP contribution in [0.3, 0.4) is 0 Å². The lowest BCUT2D eigenvalue weighted by Gasteiger charge is -2.35. The predicted molar refractivity (Wildman–Crippen MR) is 89.3 cm³/mol. The van der Waals surface area contributed by atoms with Crippen LogP contribution in [0.1, 0.15) is 22.0 Å². The van der Waals surface area contributed by atoms with Gasteiger partial charge in [0.1, 0.15) is 5.82 Å². The van der Waals surface area contributed by atoms with Crippen LogP contribution in [0.4, 0.5) is 17.6 Å². The molecule has 0 radical (unpaired) electrons. The van der Waals surface area contributed by atoms with Crippen LogP contribution >= 0.6 is 23.7 Å². The maximum Gasteiger partial charge on any atom is 0.419 e. The average Bonchev–Trinajstić information content (AvgIpc) is 3.03. The molecule has 24 heavy (non-hydrogen) atoms. The summed E-state index contributed by atoms with van der Waals surface area (Å²) in [5.74, 6) is -1.23. The zero-order valence-corrected chi connectivity index (χ0v) is 14.3. The zero-order valence-electron chi connectivity index (χ0n) is 12.6. The summed E-state index contributed by atoms with van der Waals surface area (Å²) >= 11 is 1.50. The van der Waals surface area contributed by atoms with Gasteiger partial charge in [0.05, 0.1) is 11.6 Å². The highest BCUT2D eigenvalue weighted by molar-refractivity contribution is 7.10. The van der Waals surface area contributed by atoms with Crippen LogP contribution in [0, 0.1) is 5.82 Å². The lowest BCUT2D eigenvalue weighted by Crippen LogP contribution is -2.45. The van der Waals surface area contributed by atoms with Crippen LogP contribution in [0.5, 0.6) is 0 Å². The smallest absolute Gasteiger partial charge is 0.314 e. The van der Waals surface area contributed by atoms with Crippen molar-refractivity contribution >= 4 is 23.7 Å². The monoisotopic (exact) mass is 380 g/mol. The summed E-state index contributed by atoms with van der Waals surface area (Å²) in [6.45, 7) is 3.05. The molecular formula is C16H17ClF4N2S. The molecule has 1 aliphatic rings. The Bertz CT molecular complexity index is 655. The number of piperazine rings is 1. The fourth-order valence-corrected chi connectivity index (χ4v) is 3.76. The first-order chi connectivity index (χ1) is 11.0. The van der Waals surface area contributed by atoms with Gasteiger partial charge in [-0.15, -0.1) is 23.7 Å². The maximum absolute atomic E-state index is 13.6. The molecule has 3 rings (SSSR count). The topological polar surface area (TPSA) is 15.3 Å². The molecule has 1 fully saturated rings. The van der Waals surface area contributed by atoms with Gasteiger partial charge >= 0.3 is 6.18 Å². The Morgan fingerprint density at radius 1 is 1.12 bits per heavy atom. The molecule has 2 aromatic rings. The predicted octanol–water partition coefficient (Wildman–Crippen LogP) is 4.32. The van der Waals surface area contributed by atoms with E-state index in [1.54, 1.807) is 0 Å². The lowest BCUT2D eigenvalue weighted by molar-refractivity contribution is -0.140. The summed E-state index contributed by atoms with van der Waals surface area (Å²) in [6.07, 6.45) is -4.69. The second kappa shape index (κ2) is 7.82. The van der Waals surface area contributed by atoms with E-state index in [0.29, 0.717) is 5.56 Å².